The van der Waals surface area contributed by atoms with Crippen molar-refractivity contribution in [1.82, 2.24) is 5.32 Å². The number of hydrogen-bond donors (Lipinski definition) is 1. The summed E-state index contributed by atoms with van der Waals surface area (Å²) in [5.74, 6) is 0.108. The molecule has 7 heteroatoms. The molecule has 0 saturated carbocycles. The Morgan fingerprint density at radius 3 is 3.08 bits per heavy atom. The van der Waals surface area contributed by atoms with E-state index >= 15 is 0 Å². The van der Waals surface area contributed by atoms with E-state index in [0.29, 0.717) is 0 Å². The number of oxime groups is 1. The molecule has 2 atom stereocenters. The summed E-state index contributed by atoms with van der Waals surface area (Å²) in [5, 5.41) is 5.90. The predicted molar refractivity (Wildman–Crippen MR) is 46.5 cm³/mol. The molecule has 0 radical (unpaired) electrons. The molecule has 1 aliphatic rings. The number of carbonyl (C=O) groups is 1. The zero-order valence-electron chi connectivity index (χ0n) is 7.27. The number of carbonyl (C=O) groups excluding carboxylic acids is 1. The fraction of sp³-hybridized carbons (Fsp3) is 0.667. The topological polar surface area (TPSA) is 83.0 Å². The molecule has 2 unspecified atom stereocenters. The maximum absolute atomic E-state index is 11.1. The van der Waals surface area contributed by atoms with E-state index in [0.717, 1.165) is 0 Å². The van der Waals surface area contributed by atoms with Gasteiger partial charge in [0.15, 0.2) is 6.10 Å². The Kier molecular flexibility index (Phi) is 3.52. The van der Waals surface area contributed by atoms with Gasteiger partial charge in [0.25, 0.3) is 5.04 Å². The Balaban J connectivity index is 2.53. The van der Waals surface area contributed by atoms with E-state index in [1.54, 1.807) is 6.92 Å². The lowest BCUT2D eigenvalue weighted by Gasteiger charge is -2.01. The first-order chi connectivity index (χ1) is 6.15. The maximum atomic E-state index is 11.1. The van der Waals surface area contributed by atoms with Gasteiger partial charge in [-0.05, 0) is 12.1 Å². The molecule has 0 bridgehead atoms. The molecule has 0 aromatic rings. The molecular weight excluding hydrogens is 196 g/mol. The highest BCUT2D eigenvalue weighted by Gasteiger charge is 2.34. The third-order valence-corrected chi connectivity index (χ3v) is 2.65. The Bertz CT molecular complexity index is 221. The van der Waals surface area contributed by atoms with Crippen LogP contribution in [0.4, 0.5) is 4.79 Å². The van der Waals surface area contributed by atoms with E-state index in [1.165, 1.54) is 7.05 Å². The minimum Gasteiger partial charge on any atom is -0.608 e. The van der Waals surface area contributed by atoms with Gasteiger partial charge in [-0.3, -0.25) is 4.84 Å². The molecule has 1 N–H and O–H groups in total. The molecule has 0 aliphatic carbocycles. The maximum Gasteiger partial charge on any atom is 0.433 e. The molecule has 1 saturated heterocycles. The van der Waals surface area contributed by atoms with Gasteiger partial charge < -0.3 is 14.6 Å². The van der Waals surface area contributed by atoms with Gasteiger partial charge in [0.1, 0.15) is 0 Å². The highest BCUT2D eigenvalue weighted by Crippen LogP contribution is 2.13. The molecule has 0 aromatic carbocycles. The third-order valence-electron chi connectivity index (χ3n) is 1.43. The molecule has 1 aliphatic heterocycles. The van der Waals surface area contributed by atoms with Crippen molar-refractivity contribution < 1.29 is 18.9 Å². The van der Waals surface area contributed by atoms with Crippen LogP contribution in [0.15, 0.2) is 5.16 Å². The van der Waals surface area contributed by atoms with Crippen LogP contribution < -0.4 is 5.32 Å². The number of rotatable bonds is 1. The van der Waals surface area contributed by atoms with Crippen LogP contribution >= 0.6 is 0 Å². The normalized spacial score (nSPS) is 30.5. The summed E-state index contributed by atoms with van der Waals surface area (Å²) in [4.78, 5) is 15.0. The van der Waals surface area contributed by atoms with E-state index in [1.807, 2.05) is 0 Å². The second kappa shape index (κ2) is 4.45. The average molecular weight is 206 g/mol. The van der Waals surface area contributed by atoms with Crippen LogP contribution in [0, 0.1) is 0 Å². The van der Waals surface area contributed by atoms with E-state index in [2.05, 4.69) is 15.3 Å². The van der Waals surface area contributed by atoms with Gasteiger partial charge in [-0.15, -0.1) is 0 Å². The Hall–Kier alpha value is -0.790. The van der Waals surface area contributed by atoms with Crippen LogP contribution in [-0.2, 0) is 20.8 Å². The Labute approximate surface area is 78.4 Å². The average Bonchev–Trinajstić information content (AvgIpc) is 2.43. The smallest absolute Gasteiger partial charge is 0.433 e. The number of ether oxygens (including phenoxy) is 1. The zero-order valence-corrected chi connectivity index (χ0v) is 8.09. The van der Waals surface area contributed by atoms with Gasteiger partial charge >= 0.3 is 6.09 Å². The Morgan fingerprint density at radius 2 is 2.62 bits per heavy atom. The summed E-state index contributed by atoms with van der Waals surface area (Å²) in [7, 11) is 1.41. The fourth-order valence-electron chi connectivity index (χ4n) is 0.729. The van der Waals surface area contributed by atoms with Crippen molar-refractivity contribution in [3.05, 3.63) is 0 Å². The molecule has 13 heavy (non-hydrogen) atoms. The van der Waals surface area contributed by atoms with Crippen LogP contribution in [0.2, 0.25) is 0 Å². The summed E-state index contributed by atoms with van der Waals surface area (Å²) in [6.07, 6.45) is -1.05. The van der Waals surface area contributed by atoms with Gasteiger partial charge in [0, 0.05) is 18.2 Å². The molecule has 6 nitrogen and oxygen atoms in total. The predicted octanol–water partition coefficient (Wildman–Crippen LogP) is -0.219. The van der Waals surface area contributed by atoms with Crippen molar-refractivity contribution in [2.75, 3.05) is 13.0 Å². The first-order valence-electron chi connectivity index (χ1n) is 3.61. The summed E-state index contributed by atoms with van der Waals surface area (Å²) in [6, 6.07) is 0. The standard InChI is InChI=1S/C6H10N2O4S/c1-4-5(13(10)3-11-4)8-12-6(9)7-2/h4H,3H2,1-2H3,(H,7,9). The Morgan fingerprint density at radius 1 is 1.92 bits per heavy atom. The van der Waals surface area contributed by atoms with Gasteiger partial charge in [-0.1, -0.05) is 0 Å². The van der Waals surface area contributed by atoms with Crippen molar-refractivity contribution in [1.29, 1.82) is 0 Å². The first kappa shape index (κ1) is 10.3. The summed E-state index contributed by atoms with van der Waals surface area (Å²) < 4.78 is 16.1. The zero-order chi connectivity index (χ0) is 9.84. The first-order valence-corrected chi connectivity index (χ1v) is 4.93. The van der Waals surface area contributed by atoms with E-state index in [-0.39, 0.29) is 17.1 Å². The number of nitrogens with one attached hydrogen (secondary N) is 1. The molecule has 1 amide bonds. The SMILES string of the molecule is CNC(=O)ON=C1C(C)OC[S+]1[O-]. The summed E-state index contributed by atoms with van der Waals surface area (Å²) in [6.45, 7) is 1.69. The lowest BCUT2D eigenvalue weighted by atomic mass is 10.4. The monoisotopic (exact) mass is 206 g/mol. The summed E-state index contributed by atoms with van der Waals surface area (Å²) >= 11 is -1.29. The van der Waals surface area contributed by atoms with Gasteiger partial charge in [-0.2, -0.15) is 0 Å². The molecule has 1 fully saturated rings. The molecule has 0 spiro atoms. The molecule has 1 heterocycles. The van der Waals surface area contributed by atoms with Gasteiger partial charge in [0.05, 0.1) is 0 Å². The van der Waals surface area contributed by atoms with Crippen molar-refractivity contribution >= 4 is 22.3 Å². The van der Waals surface area contributed by atoms with E-state index in [4.69, 9.17) is 4.74 Å². The largest absolute Gasteiger partial charge is 0.608 e. The minimum absolute atomic E-state index is 0.108. The molecular formula is C6H10N2O4S. The van der Waals surface area contributed by atoms with Crippen molar-refractivity contribution in [2.45, 2.75) is 13.0 Å². The van der Waals surface area contributed by atoms with Crippen molar-refractivity contribution in [2.24, 2.45) is 5.16 Å². The van der Waals surface area contributed by atoms with Crippen LogP contribution in [0.5, 0.6) is 0 Å². The van der Waals surface area contributed by atoms with Crippen molar-refractivity contribution in [3.63, 3.8) is 0 Å². The van der Waals surface area contributed by atoms with Crippen LogP contribution in [0.1, 0.15) is 6.92 Å². The van der Waals surface area contributed by atoms with Crippen molar-refractivity contribution in [3.8, 4) is 0 Å². The van der Waals surface area contributed by atoms with Crippen LogP contribution in [0.3, 0.4) is 0 Å². The van der Waals surface area contributed by atoms with Crippen LogP contribution in [0.25, 0.3) is 0 Å². The quantitative estimate of drug-likeness (QED) is 0.365. The number of amides is 1. The number of hydrogen-bond acceptors (Lipinski definition) is 5. The molecule has 1 rings (SSSR count). The van der Waals surface area contributed by atoms with Gasteiger partial charge in [0.2, 0.25) is 5.94 Å². The second-order valence-electron chi connectivity index (χ2n) is 2.33. The van der Waals surface area contributed by atoms with E-state index < -0.39 is 17.3 Å². The lowest BCUT2D eigenvalue weighted by Crippen LogP contribution is -2.22. The molecule has 74 valence electrons. The molecule has 0 aromatic heterocycles. The lowest BCUT2D eigenvalue weighted by molar-refractivity contribution is 0.144. The number of nitrogens with zero attached hydrogens (tertiary/aromatic N) is 1. The minimum atomic E-state index is -1.29. The van der Waals surface area contributed by atoms with Gasteiger partial charge in [-0.25, -0.2) is 4.79 Å². The fourth-order valence-corrected chi connectivity index (χ4v) is 1.74. The summed E-state index contributed by atoms with van der Waals surface area (Å²) in [5.41, 5.74) is 0. The highest BCUT2D eigenvalue weighted by atomic mass is 32.2. The third kappa shape index (κ3) is 2.58. The van der Waals surface area contributed by atoms with Crippen LogP contribution in [-0.4, -0.2) is 34.8 Å². The second-order valence-corrected chi connectivity index (χ2v) is 3.68. The highest BCUT2D eigenvalue weighted by molar-refractivity contribution is 8.06. The van der Waals surface area contributed by atoms with E-state index in [9.17, 15) is 9.35 Å².